The van der Waals surface area contributed by atoms with Crippen molar-refractivity contribution in [1.29, 1.82) is 0 Å². The molecule has 2 aromatic rings. The molecule has 1 N–H and O–H groups in total. The minimum absolute atomic E-state index is 0.0297. The predicted molar refractivity (Wildman–Crippen MR) is 116 cm³/mol. The third-order valence-corrected chi connectivity index (χ3v) is 6.56. The molecule has 2 fully saturated rings. The van der Waals surface area contributed by atoms with Gasteiger partial charge < -0.3 is 15.0 Å². The molecule has 6 nitrogen and oxygen atoms in total. The lowest BCUT2D eigenvalue weighted by Crippen LogP contribution is -2.43. The molecule has 4 rings (SSSR count). The lowest BCUT2D eigenvalue weighted by Gasteiger charge is -2.38. The Bertz CT molecular complexity index is 941. The molecule has 158 valence electrons. The van der Waals surface area contributed by atoms with Gasteiger partial charge in [-0.1, -0.05) is 6.07 Å². The molecule has 1 saturated heterocycles. The number of carbonyl (C=O) groups is 2. The quantitative estimate of drug-likeness (QED) is 0.764. The number of piperidine rings is 1. The fourth-order valence-corrected chi connectivity index (χ4v) is 5.00. The van der Waals surface area contributed by atoms with Gasteiger partial charge in [0.1, 0.15) is 11.6 Å². The van der Waals surface area contributed by atoms with Crippen LogP contribution < -0.4 is 15.0 Å². The first-order valence-electron chi connectivity index (χ1n) is 10.7. The molecule has 1 aromatic heterocycles. The molecule has 1 aliphatic carbocycles. The molecule has 1 aromatic carbocycles. The number of anilines is 1. The van der Waals surface area contributed by atoms with Crippen molar-refractivity contribution in [3.63, 3.8) is 0 Å². The summed E-state index contributed by atoms with van der Waals surface area (Å²) >= 11 is 0. The van der Waals surface area contributed by atoms with Crippen LogP contribution in [0.25, 0.3) is 0 Å². The number of amides is 1. The van der Waals surface area contributed by atoms with E-state index in [0.717, 1.165) is 42.9 Å². The number of carbonyl (C=O) groups excluding carboxylic acids is 2. The Morgan fingerprint density at radius 2 is 2.03 bits per heavy atom. The van der Waals surface area contributed by atoms with E-state index in [1.54, 1.807) is 20.2 Å². The summed E-state index contributed by atoms with van der Waals surface area (Å²) in [6.45, 7) is 4.44. The predicted octanol–water partition coefficient (Wildman–Crippen LogP) is 3.78. The van der Waals surface area contributed by atoms with Crippen LogP contribution in [0.2, 0.25) is 0 Å². The Balaban J connectivity index is 1.46. The van der Waals surface area contributed by atoms with Crippen LogP contribution in [0.4, 0.5) is 5.82 Å². The van der Waals surface area contributed by atoms with Crippen LogP contribution >= 0.6 is 0 Å². The Kier molecular flexibility index (Phi) is 5.75. The van der Waals surface area contributed by atoms with Gasteiger partial charge in [0.15, 0.2) is 5.78 Å². The minimum Gasteiger partial charge on any atom is -0.496 e. The summed E-state index contributed by atoms with van der Waals surface area (Å²) in [5, 5.41) is 3.25. The second kappa shape index (κ2) is 8.46. The molecule has 0 spiro atoms. The molecule has 2 heterocycles. The maximum Gasteiger partial charge on any atom is 0.251 e. The number of hydrogen-bond acceptors (Lipinski definition) is 5. The molecular weight excluding hydrogens is 378 g/mol. The van der Waals surface area contributed by atoms with Gasteiger partial charge in [-0.25, -0.2) is 4.98 Å². The second-order valence-electron chi connectivity index (χ2n) is 8.40. The highest BCUT2D eigenvalue weighted by molar-refractivity contribution is 5.96. The zero-order valence-corrected chi connectivity index (χ0v) is 17.9. The maximum absolute atomic E-state index is 12.9. The first kappa shape index (κ1) is 20.4. The van der Waals surface area contributed by atoms with Gasteiger partial charge in [-0.3, -0.25) is 9.59 Å². The molecular formula is C24H29N3O3. The number of nitrogens with zero attached hydrogens (tertiary/aromatic N) is 2. The Morgan fingerprint density at radius 1 is 1.20 bits per heavy atom. The highest BCUT2D eigenvalue weighted by atomic mass is 16.5. The lowest BCUT2D eigenvalue weighted by atomic mass is 9.92. The minimum atomic E-state index is -0.0365. The Labute approximate surface area is 177 Å². The number of aromatic nitrogens is 1. The first-order valence-corrected chi connectivity index (χ1v) is 10.7. The second-order valence-corrected chi connectivity index (χ2v) is 8.40. The van der Waals surface area contributed by atoms with Crippen LogP contribution in [0.15, 0.2) is 36.5 Å². The maximum atomic E-state index is 12.9. The molecule has 3 unspecified atom stereocenters. The standard InChI is InChI=1S/C24H29N3O3/c1-15-20(7-4-8-22(15)30-3)24(29)26-19-12-17-6-5-11-27(21(17)13-19)23-10-9-18(14-25-23)16(2)28/h4,7-10,14,17,19,21H,5-6,11-13H2,1-3H3,(H,26,29). The zero-order valence-electron chi connectivity index (χ0n) is 17.9. The van der Waals surface area contributed by atoms with Crippen molar-refractivity contribution in [3.05, 3.63) is 53.2 Å². The van der Waals surface area contributed by atoms with Crippen LogP contribution in [-0.4, -0.2) is 42.4 Å². The highest BCUT2D eigenvalue weighted by Gasteiger charge is 2.41. The molecule has 30 heavy (non-hydrogen) atoms. The first-order chi connectivity index (χ1) is 14.5. The molecule has 2 aliphatic rings. The summed E-state index contributed by atoms with van der Waals surface area (Å²) in [6.07, 6.45) is 5.86. The summed E-state index contributed by atoms with van der Waals surface area (Å²) in [6, 6.07) is 9.90. The third-order valence-electron chi connectivity index (χ3n) is 6.56. The summed E-state index contributed by atoms with van der Waals surface area (Å²) in [5.41, 5.74) is 2.17. The number of methoxy groups -OCH3 is 1. The van der Waals surface area contributed by atoms with E-state index in [1.165, 1.54) is 6.42 Å². The van der Waals surface area contributed by atoms with Crippen molar-refractivity contribution in [3.8, 4) is 5.75 Å². The van der Waals surface area contributed by atoms with Crippen molar-refractivity contribution in [2.45, 2.75) is 51.6 Å². The number of ether oxygens (including phenoxy) is 1. The van der Waals surface area contributed by atoms with E-state index < -0.39 is 0 Å². The highest BCUT2D eigenvalue weighted by Crippen LogP contribution is 2.39. The molecule has 1 saturated carbocycles. The number of hydrogen-bond donors (Lipinski definition) is 1. The van der Waals surface area contributed by atoms with E-state index in [2.05, 4.69) is 15.2 Å². The molecule has 6 heteroatoms. The summed E-state index contributed by atoms with van der Waals surface area (Å²) in [4.78, 5) is 31.4. The number of rotatable bonds is 5. The smallest absolute Gasteiger partial charge is 0.251 e. The molecule has 1 amide bonds. The van der Waals surface area contributed by atoms with Crippen LogP contribution in [-0.2, 0) is 0 Å². The van der Waals surface area contributed by atoms with Gasteiger partial charge >= 0.3 is 0 Å². The zero-order chi connectivity index (χ0) is 21.3. The van der Waals surface area contributed by atoms with Crippen molar-refractivity contribution >= 4 is 17.5 Å². The normalized spacial score (nSPS) is 23.0. The van der Waals surface area contributed by atoms with E-state index in [-0.39, 0.29) is 17.7 Å². The molecule has 0 bridgehead atoms. The van der Waals surface area contributed by atoms with Crippen LogP contribution in [0.3, 0.4) is 0 Å². The van der Waals surface area contributed by atoms with E-state index >= 15 is 0 Å². The number of fused-ring (bicyclic) bond motifs is 1. The van der Waals surface area contributed by atoms with Crippen molar-refractivity contribution in [2.75, 3.05) is 18.6 Å². The van der Waals surface area contributed by atoms with Gasteiger partial charge in [0.05, 0.1) is 7.11 Å². The van der Waals surface area contributed by atoms with Crippen molar-refractivity contribution in [1.82, 2.24) is 10.3 Å². The third kappa shape index (κ3) is 3.91. The number of benzene rings is 1. The van der Waals surface area contributed by atoms with Gasteiger partial charge in [-0.05, 0) is 69.7 Å². The van der Waals surface area contributed by atoms with Gasteiger partial charge in [0.2, 0.25) is 0 Å². The largest absolute Gasteiger partial charge is 0.496 e. The molecule has 3 atom stereocenters. The topological polar surface area (TPSA) is 71.5 Å². The Morgan fingerprint density at radius 3 is 2.73 bits per heavy atom. The van der Waals surface area contributed by atoms with Crippen LogP contribution in [0.5, 0.6) is 5.75 Å². The molecule has 0 radical (unpaired) electrons. The van der Waals surface area contributed by atoms with E-state index in [9.17, 15) is 9.59 Å². The number of nitrogens with one attached hydrogen (secondary N) is 1. The van der Waals surface area contributed by atoms with Crippen molar-refractivity contribution in [2.24, 2.45) is 5.92 Å². The van der Waals surface area contributed by atoms with E-state index in [0.29, 0.717) is 23.1 Å². The summed E-state index contributed by atoms with van der Waals surface area (Å²) in [5.74, 6) is 2.19. The van der Waals surface area contributed by atoms with Gasteiger partial charge in [0.25, 0.3) is 5.91 Å². The molecule has 1 aliphatic heterocycles. The van der Waals surface area contributed by atoms with Crippen LogP contribution in [0, 0.1) is 12.8 Å². The van der Waals surface area contributed by atoms with E-state index in [1.807, 2.05) is 37.3 Å². The van der Waals surface area contributed by atoms with Crippen LogP contribution in [0.1, 0.15) is 58.9 Å². The Hall–Kier alpha value is -2.89. The fraction of sp³-hybridized carbons (Fsp3) is 0.458. The fourth-order valence-electron chi connectivity index (χ4n) is 5.00. The van der Waals surface area contributed by atoms with Gasteiger partial charge in [-0.2, -0.15) is 0 Å². The van der Waals surface area contributed by atoms with Crippen molar-refractivity contribution < 1.29 is 14.3 Å². The number of ketones is 1. The number of Topliss-reactive ketones (excluding diaryl/α,β-unsaturated/α-hetero) is 1. The number of pyridine rings is 1. The average molecular weight is 408 g/mol. The van der Waals surface area contributed by atoms with Gasteiger partial charge in [-0.15, -0.1) is 0 Å². The monoisotopic (exact) mass is 407 g/mol. The SMILES string of the molecule is COc1cccc(C(=O)NC2CC3CCCN(c4ccc(C(C)=O)cn4)C3C2)c1C. The average Bonchev–Trinajstić information content (AvgIpc) is 3.16. The van der Waals surface area contributed by atoms with Gasteiger partial charge in [0, 0.05) is 41.5 Å². The summed E-state index contributed by atoms with van der Waals surface area (Å²) < 4.78 is 5.35. The summed E-state index contributed by atoms with van der Waals surface area (Å²) in [7, 11) is 1.62. The lowest BCUT2D eigenvalue weighted by molar-refractivity contribution is 0.0935. The van der Waals surface area contributed by atoms with E-state index in [4.69, 9.17) is 4.74 Å².